The van der Waals surface area contributed by atoms with Crippen LogP contribution in [0, 0.1) is 0 Å². The Balaban J connectivity index is 0.00000126. The van der Waals surface area contributed by atoms with E-state index in [1.807, 2.05) is 60.7 Å². The van der Waals surface area contributed by atoms with E-state index < -0.39 is 20.0 Å². The zero-order valence-corrected chi connectivity index (χ0v) is 33.5. The summed E-state index contributed by atoms with van der Waals surface area (Å²) in [6.07, 6.45) is 9.89. The third-order valence-corrected chi connectivity index (χ3v) is 9.87. The van der Waals surface area contributed by atoms with E-state index >= 15 is 0 Å². The molecule has 0 fully saturated rings. The van der Waals surface area contributed by atoms with Gasteiger partial charge in [-0.05, 0) is 55.7 Å². The van der Waals surface area contributed by atoms with Crippen molar-refractivity contribution in [3.05, 3.63) is 101 Å². The van der Waals surface area contributed by atoms with E-state index in [9.17, 15) is 19.0 Å². The lowest BCUT2D eigenvalue weighted by molar-refractivity contribution is -0.123. The van der Waals surface area contributed by atoms with Crippen LogP contribution in [0.4, 0.5) is 4.79 Å². The molecular weight excluding hydrogens is 713 g/mol. The third-order valence-electron chi connectivity index (χ3n) is 8.62. The number of phosphoric ester groups is 1. The SMILES string of the molecule is CCN(CC)CC.O=C(N[C@H](Cc1ccccc1)C(=O)NCCCCCCCCCCCCOP(=O)(O)Oc1ccccc1Cl)OCc1ccccc1. The van der Waals surface area contributed by atoms with Crippen LogP contribution in [-0.2, 0) is 31.6 Å². The fourth-order valence-electron chi connectivity index (χ4n) is 5.46. The van der Waals surface area contributed by atoms with Crippen LogP contribution in [0.15, 0.2) is 84.9 Å². The zero-order valence-electron chi connectivity index (χ0n) is 31.9. The number of nitrogens with one attached hydrogen (secondary N) is 2. The first-order valence-corrected chi connectivity index (χ1v) is 21.0. The second-order valence-corrected chi connectivity index (χ2v) is 14.5. The van der Waals surface area contributed by atoms with Crippen molar-refractivity contribution in [1.29, 1.82) is 0 Å². The molecule has 0 aliphatic heterocycles. The van der Waals surface area contributed by atoms with Gasteiger partial charge in [-0.3, -0.25) is 14.2 Å². The van der Waals surface area contributed by atoms with E-state index in [1.54, 1.807) is 18.2 Å². The maximum absolute atomic E-state index is 13.0. The van der Waals surface area contributed by atoms with Crippen LogP contribution < -0.4 is 15.2 Å². The Morgan fingerprint density at radius 1 is 0.736 bits per heavy atom. The highest BCUT2D eigenvalue weighted by atomic mass is 35.5. The second-order valence-electron chi connectivity index (χ2n) is 12.7. The molecule has 0 radical (unpaired) electrons. The van der Waals surface area contributed by atoms with Gasteiger partial charge in [0.2, 0.25) is 5.91 Å². The van der Waals surface area contributed by atoms with E-state index in [0.717, 1.165) is 68.9 Å². The van der Waals surface area contributed by atoms with E-state index in [-0.39, 0.29) is 29.9 Å². The lowest BCUT2D eigenvalue weighted by Crippen LogP contribution is -2.48. The number of phosphoric acid groups is 1. The fourth-order valence-corrected chi connectivity index (χ4v) is 6.51. The van der Waals surface area contributed by atoms with Gasteiger partial charge in [0, 0.05) is 13.0 Å². The predicted molar refractivity (Wildman–Crippen MR) is 214 cm³/mol. The first-order chi connectivity index (χ1) is 25.7. The lowest BCUT2D eigenvalue weighted by Gasteiger charge is -2.18. The molecule has 0 bridgehead atoms. The van der Waals surface area contributed by atoms with Crippen LogP contribution in [0.3, 0.4) is 0 Å². The molecular formula is C41H61ClN3O7P. The minimum absolute atomic E-state index is 0.124. The van der Waals surface area contributed by atoms with Gasteiger partial charge in [0.15, 0.2) is 0 Å². The average Bonchev–Trinajstić information content (AvgIpc) is 3.16. The number of rotatable bonds is 25. The number of carbonyl (C=O) groups excluding carboxylic acids is 2. The maximum atomic E-state index is 13.0. The van der Waals surface area contributed by atoms with Gasteiger partial charge in [-0.2, -0.15) is 0 Å². The van der Waals surface area contributed by atoms with Crippen LogP contribution in [0.1, 0.15) is 96.1 Å². The highest BCUT2D eigenvalue weighted by Crippen LogP contribution is 2.45. The smallest absolute Gasteiger partial charge is 0.445 e. The van der Waals surface area contributed by atoms with Gasteiger partial charge < -0.3 is 24.8 Å². The van der Waals surface area contributed by atoms with E-state index in [2.05, 4.69) is 36.3 Å². The van der Waals surface area contributed by atoms with Crippen molar-refractivity contribution in [1.82, 2.24) is 15.5 Å². The van der Waals surface area contributed by atoms with Crippen molar-refractivity contribution in [2.24, 2.45) is 0 Å². The van der Waals surface area contributed by atoms with Crippen LogP contribution in [0.5, 0.6) is 5.75 Å². The normalized spacial score (nSPS) is 12.6. The quantitative estimate of drug-likeness (QED) is 0.0574. The molecule has 3 rings (SSSR count). The highest BCUT2D eigenvalue weighted by Gasteiger charge is 2.24. The standard InChI is InChI=1S/C35H46ClN2O7P.C6H15N/c36-31-23-15-16-24-33(31)45-46(41,42)44-26-18-8-6-4-2-1-3-5-7-17-25-37-34(39)32(27-29-19-11-9-12-20-29)38-35(40)43-28-30-21-13-10-14-22-30;1-4-7(5-2)6-3/h9-16,19-24,32H,1-8,17-18,25-28H2,(H,37,39)(H,38,40)(H,41,42);4-6H2,1-3H3/t32-;/m1./s1. The zero-order chi connectivity index (χ0) is 38.6. The van der Waals surface area contributed by atoms with Gasteiger partial charge in [0.1, 0.15) is 18.4 Å². The van der Waals surface area contributed by atoms with Gasteiger partial charge in [0.25, 0.3) is 0 Å². The largest absolute Gasteiger partial charge is 0.527 e. The summed E-state index contributed by atoms with van der Waals surface area (Å²) in [7, 11) is -4.20. The van der Waals surface area contributed by atoms with Gasteiger partial charge in [0.05, 0.1) is 11.6 Å². The van der Waals surface area contributed by atoms with Crippen molar-refractivity contribution in [3.8, 4) is 5.75 Å². The number of benzene rings is 3. The molecule has 2 amide bonds. The molecule has 53 heavy (non-hydrogen) atoms. The van der Waals surface area contributed by atoms with Crippen molar-refractivity contribution in [2.45, 2.75) is 104 Å². The first-order valence-electron chi connectivity index (χ1n) is 19.1. The lowest BCUT2D eigenvalue weighted by atomic mass is 10.0. The van der Waals surface area contributed by atoms with Crippen molar-refractivity contribution < 1.29 is 32.8 Å². The van der Waals surface area contributed by atoms with Crippen molar-refractivity contribution in [2.75, 3.05) is 32.8 Å². The minimum Gasteiger partial charge on any atom is -0.445 e. The number of carbonyl (C=O) groups is 2. The van der Waals surface area contributed by atoms with E-state index in [0.29, 0.717) is 19.4 Å². The number of hydrogen-bond acceptors (Lipinski definition) is 7. The molecule has 3 aromatic rings. The molecule has 12 heteroatoms. The molecule has 0 aromatic heterocycles. The summed E-state index contributed by atoms with van der Waals surface area (Å²) < 4.78 is 27.5. The number of amides is 2. The minimum atomic E-state index is -4.20. The highest BCUT2D eigenvalue weighted by molar-refractivity contribution is 7.47. The topological polar surface area (TPSA) is 126 Å². The van der Waals surface area contributed by atoms with Crippen LogP contribution in [0.2, 0.25) is 5.02 Å². The fraction of sp³-hybridized carbons (Fsp3) is 0.512. The Morgan fingerprint density at radius 3 is 1.79 bits per heavy atom. The number of nitrogens with zero attached hydrogens (tertiary/aromatic N) is 1. The second kappa shape index (κ2) is 28.1. The summed E-state index contributed by atoms with van der Waals surface area (Å²) in [5.74, 6) is -0.0979. The van der Waals surface area contributed by atoms with Gasteiger partial charge in [-0.25, -0.2) is 9.36 Å². The summed E-state index contributed by atoms with van der Waals surface area (Å²) in [5, 5.41) is 5.96. The number of ether oxygens (including phenoxy) is 1. The monoisotopic (exact) mass is 773 g/mol. The number of alkyl carbamates (subject to hydrolysis) is 1. The van der Waals surface area contributed by atoms with E-state index in [1.165, 1.54) is 25.7 Å². The molecule has 1 unspecified atom stereocenters. The summed E-state index contributed by atoms with van der Waals surface area (Å²) in [5.41, 5.74) is 1.83. The maximum Gasteiger partial charge on any atom is 0.527 e. The molecule has 0 saturated carbocycles. The molecule has 294 valence electrons. The summed E-state index contributed by atoms with van der Waals surface area (Å²) >= 11 is 5.95. The molecule has 0 aliphatic carbocycles. The van der Waals surface area contributed by atoms with Crippen LogP contribution in [-0.4, -0.2) is 60.6 Å². The van der Waals surface area contributed by atoms with Crippen LogP contribution >= 0.6 is 19.4 Å². The Bertz CT molecular complexity index is 1440. The molecule has 0 saturated heterocycles. The van der Waals surface area contributed by atoms with Crippen LogP contribution in [0.25, 0.3) is 0 Å². The van der Waals surface area contributed by atoms with E-state index in [4.69, 9.17) is 25.4 Å². The molecule has 3 aromatic carbocycles. The Kier molecular flexibility index (Phi) is 24.3. The third kappa shape index (κ3) is 21.8. The van der Waals surface area contributed by atoms with Crippen molar-refractivity contribution >= 4 is 31.4 Å². The summed E-state index contributed by atoms with van der Waals surface area (Å²) in [6.45, 7) is 11.0. The number of halogens is 1. The molecule has 0 aliphatic rings. The number of para-hydroxylation sites is 1. The average molecular weight is 774 g/mol. The predicted octanol–water partition coefficient (Wildman–Crippen LogP) is 9.74. The summed E-state index contributed by atoms with van der Waals surface area (Å²) in [6, 6.07) is 24.8. The van der Waals surface area contributed by atoms with Gasteiger partial charge >= 0.3 is 13.9 Å². The summed E-state index contributed by atoms with van der Waals surface area (Å²) in [4.78, 5) is 37.7. The number of hydrogen-bond donors (Lipinski definition) is 3. The molecule has 3 N–H and O–H groups in total. The Hall–Kier alpha value is -3.40. The molecule has 10 nitrogen and oxygen atoms in total. The number of unbranched alkanes of at least 4 members (excludes halogenated alkanes) is 9. The molecule has 0 heterocycles. The molecule has 0 spiro atoms. The van der Waals surface area contributed by atoms with Crippen molar-refractivity contribution in [3.63, 3.8) is 0 Å². The Labute approximate surface area is 322 Å². The van der Waals surface area contributed by atoms with Gasteiger partial charge in [-0.1, -0.05) is 157 Å². The Morgan fingerprint density at radius 2 is 1.25 bits per heavy atom. The molecule has 2 atom stereocenters. The van der Waals surface area contributed by atoms with Gasteiger partial charge in [-0.15, -0.1) is 0 Å². The first kappa shape index (κ1) is 45.8.